The molecule has 0 saturated heterocycles. The molecular weight excluding hydrogens is 1150 g/mol. The molecule has 10 aromatic carbocycles. The van der Waals surface area contributed by atoms with Crippen molar-refractivity contribution < 1.29 is 56.8 Å². The van der Waals surface area contributed by atoms with Crippen LogP contribution in [0.1, 0.15) is 44.5 Å². The van der Waals surface area contributed by atoms with Crippen molar-refractivity contribution in [1.82, 2.24) is 0 Å². The predicted octanol–water partition coefficient (Wildman–Crippen LogP) is 14.9. The maximum absolute atomic E-state index is 6.09. The molecule has 10 aromatic rings. The molecule has 0 aromatic heterocycles. The van der Waals surface area contributed by atoms with E-state index in [0.717, 1.165) is 34.1 Å². The summed E-state index contributed by atoms with van der Waals surface area (Å²) in [6.07, 6.45) is 0. The Morgan fingerprint density at radius 1 is 0.152 bits per heavy atom. The summed E-state index contributed by atoms with van der Waals surface area (Å²) in [4.78, 5) is 0. The highest BCUT2D eigenvalue weighted by molar-refractivity contribution is 5.62. The zero-order valence-electron chi connectivity index (χ0n) is 52.2. The third-order valence-electron chi connectivity index (χ3n) is 15.5. The number of hydrogen-bond donors (Lipinski definition) is 0. The topological polar surface area (TPSA) is 111 Å². The average molecular weight is 1240 g/mol. The fourth-order valence-electron chi connectivity index (χ4n) is 11.3. The fourth-order valence-corrected chi connectivity index (χ4v) is 11.3. The summed E-state index contributed by atoms with van der Waals surface area (Å²) < 4.78 is 70.1. The monoisotopic (exact) mass is 1230 g/mol. The van der Waals surface area contributed by atoms with Crippen molar-refractivity contribution in [2.75, 3.05) is 119 Å². The van der Waals surface area contributed by atoms with E-state index in [0.29, 0.717) is 130 Å². The van der Waals surface area contributed by atoms with Crippen molar-refractivity contribution in [2.45, 2.75) is 10.8 Å². The second-order valence-electron chi connectivity index (χ2n) is 21.5. The third kappa shape index (κ3) is 18.7. The highest BCUT2D eigenvalue weighted by atomic mass is 16.6. The lowest BCUT2D eigenvalue weighted by atomic mass is 9.65. The van der Waals surface area contributed by atoms with Gasteiger partial charge in [0, 0.05) is 6.07 Å². The molecule has 0 radical (unpaired) electrons. The number of hydrogen-bond acceptors (Lipinski definition) is 12. The summed E-state index contributed by atoms with van der Waals surface area (Å²) in [5, 5.41) is 0. The first kappa shape index (κ1) is 65.7. The second kappa shape index (κ2) is 36.6. The van der Waals surface area contributed by atoms with Crippen molar-refractivity contribution in [2.24, 2.45) is 0 Å². The van der Waals surface area contributed by atoms with Gasteiger partial charge >= 0.3 is 0 Å². The molecule has 0 aliphatic heterocycles. The van der Waals surface area contributed by atoms with Crippen LogP contribution in [-0.2, 0) is 39.3 Å². The van der Waals surface area contributed by atoms with Gasteiger partial charge in [-0.15, -0.1) is 0 Å². The van der Waals surface area contributed by atoms with Crippen molar-refractivity contribution >= 4 is 0 Å². The molecule has 0 saturated carbocycles. The van der Waals surface area contributed by atoms with Crippen LogP contribution in [0, 0.1) is 0 Å². The van der Waals surface area contributed by atoms with Crippen LogP contribution in [0.25, 0.3) is 0 Å². The predicted molar refractivity (Wildman–Crippen MR) is 360 cm³/mol. The third-order valence-corrected chi connectivity index (χ3v) is 15.5. The molecule has 0 aliphatic carbocycles. The molecule has 0 heterocycles. The molecule has 0 N–H and O–H groups in total. The van der Waals surface area contributed by atoms with Crippen LogP contribution >= 0.6 is 0 Å². The minimum absolute atomic E-state index is 0.395. The van der Waals surface area contributed by atoms with Gasteiger partial charge in [0.1, 0.15) is 74.1 Å². The lowest BCUT2D eigenvalue weighted by molar-refractivity contribution is 0.0266. The van der Waals surface area contributed by atoms with Gasteiger partial charge in [-0.1, -0.05) is 212 Å². The first-order valence-electron chi connectivity index (χ1n) is 31.7. The Bertz CT molecular complexity index is 3390. The highest BCUT2D eigenvalue weighted by Gasteiger charge is 2.39. The van der Waals surface area contributed by atoms with Gasteiger partial charge in [0.2, 0.25) is 0 Å². The Kier molecular flexibility index (Phi) is 26.1. The zero-order chi connectivity index (χ0) is 62.8. The van der Waals surface area contributed by atoms with Crippen LogP contribution in [0.2, 0.25) is 0 Å². The van der Waals surface area contributed by atoms with Crippen LogP contribution in [0.5, 0.6) is 34.5 Å². The van der Waals surface area contributed by atoms with E-state index in [1.165, 1.54) is 33.4 Å². The molecule has 12 nitrogen and oxygen atoms in total. The van der Waals surface area contributed by atoms with E-state index in [4.69, 9.17) is 56.8 Å². The minimum Gasteiger partial charge on any atom is -0.491 e. The maximum Gasteiger partial charge on any atom is 0.123 e. The number of rotatable bonds is 41. The molecule has 0 bridgehead atoms. The summed E-state index contributed by atoms with van der Waals surface area (Å²) in [5.41, 5.74) is 8.51. The Balaban J connectivity index is 0.507. The second-order valence-corrected chi connectivity index (χ2v) is 21.5. The maximum atomic E-state index is 6.09. The summed E-state index contributed by atoms with van der Waals surface area (Å²) in [7, 11) is 0. The Morgan fingerprint density at radius 2 is 0.326 bits per heavy atom. The van der Waals surface area contributed by atoms with Crippen molar-refractivity contribution in [3.8, 4) is 34.5 Å². The van der Waals surface area contributed by atoms with Crippen LogP contribution < -0.4 is 28.4 Å². The highest BCUT2D eigenvalue weighted by Crippen LogP contribution is 2.47. The summed E-state index contributed by atoms with van der Waals surface area (Å²) in [6.45, 7) is 7.79. The molecule has 12 heteroatoms. The fraction of sp³-hybridized carbons (Fsp3) is 0.250. The van der Waals surface area contributed by atoms with Crippen LogP contribution in [-0.4, -0.2) is 119 Å². The van der Waals surface area contributed by atoms with Gasteiger partial charge in [-0.05, 0) is 105 Å². The quantitative estimate of drug-likeness (QED) is 0.0269. The van der Waals surface area contributed by atoms with Gasteiger partial charge in [0.05, 0.1) is 90.1 Å². The van der Waals surface area contributed by atoms with E-state index in [-0.39, 0.29) is 0 Å². The van der Waals surface area contributed by atoms with Gasteiger partial charge in [0.15, 0.2) is 0 Å². The van der Waals surface area contributed by atoms with Crippen molar-refractivity contribution in [3.63, 3.8) is 0 Å². The van der Waals surface area contributed by atoms with E-state index in [1.807, 2.05) is 72.8 Å². The van der Waals surface area contributed by atoms with Crippen LogP contribution in [0.4, 0.5) is 0 Å². The first-order valence-corrected chi connectivity index (χ1v) is 31.7. The SMILES string of the molecule is c1ccc(C(c2ccccc2)(c2ccccc2)c2ccc(OCCOCCOCCOc3ccc(OCCOCCOCCOc4cccc(OCCOCCOCCOc5ccc(C(c6ccccc6)(c6ccccc6)c6ccccc6)cc5)c4)cc3)cc2)cc1. The van der Waals surface area contributed by atoms with Gasteiger partial charge in [0.25, 0.3) is 0 Å². The molecule has 92 heavy (non-hydrogen) atoms. The van der Waals surface area contributed by atoms with E-state index in [1.54, 1.807) is 0 Å². The Labute approximate surface area is 542 Å². The van der Waals surface area contributed by atoms with E-state index >= 15 is 0 Å². The van der Waals surface area contributed by atoms with Gasteiger partial charge in [-0.3, -0.25) is 0 Å². The molecule has 0 unspecified atom stereocenters. The van der Waals surface area contributed by atoms with E-state index < -0.39 is 10.8 Å². The molecule has 0 atom stereocenters. The molecule has 0 fully saturated rings. The normalized spacial score (nSPS) is 11.4. The summed E-state index contributed by atoms with van der Waals surface area (Å²) in [6, 6.07) is 96.0. The van der Waals surface area contributed by atoms with Gasteiger partial charge in [-0.2, -0.15) is 0 Å². The van der Waals surface area contributed by atoms with Gasteiger partial charge < -0.3 is 56.8 Å². The first-order chi connectivity index (χ1) is 45.7. The number of benzene rings is 10. The summed E-state index contributed by atoms with van der Waals surface area (Å²) >= 11 is 0. The average Bonchev–Trinajstić information content (AvgIpc) is 0.758. The minimum atomic E-state index is -0.499. The largest absolute Gasteiger partial charge is 0.491 e. The lowest BCUT2D eigenvalue weighted by Gasteiger charge is -2.36. The Hall–Kier alpha value is -9.24. The van der Waals surface area contributed by atoms with Gasteiger partial charge in [-0.25, -0.2) is 0 Å². The van der Waals surface area contributed by atoms with E-state index in [9.17, 15) is 0 Å². The van der Waals surface area contributed by atoms with E-state index in [2.05, 4.69) is 206 Å². The van der Waals surface area contributed by atoms with Crippen molar-refractivity contribution in [3.05, 3.63) is 324 Å². The molecule has 0 spiro atoms. The molecule has 10 rings (SSSR count). The molecular formula is C80H82O12. The van der Waals surface area contributed by atoms with Crippen molar-refractivity contribution in [1.29, 1.82) is 0 Å². The lowest BCUT2D eigenvalue weighted by Crippen LogP contribution is -2.30. The molecule has 0 aliphatic rings. The molecule has 474 valence electrons. The van der Waals surface area contributed by atoms with Crippen LogP contribution in [0.15, 0.2) is 279 Å². The smallest absolute Gasteiger partial charge is 0.123 e. The molecule has 0 amide bonds. The summed E-state index contributed by atoms with van der Waals surface area (Å²) in [5.74, 6) is 4.44. The van der Waals surface area contributed by atoms with Crippen LogP contribution in [0.3, 0.4) is 0 Å². The number of ether oxygens (including phenoxy) is 12. The standard InChI is InChI=1S/C80H82O12/c1-7-20-65(21-8-1)79(66-22-9-2-10-23-66,67-24-11-3-12-25-67)71-34-38-73(39-35-71)87-58-52-81-46-47-83-54-60-89-75-42-44-76(45-43-75)90-61-55-84-49-51-86-57-63-92-78-33-19-32-77(64-78)91-62-56-85-50-48-82-53-59-88-74-40-36-72(37-41-74)80(68-26-13-4-14-27-68,69-28-15-5-16-29-69)70-30-17-6-18-31-70/h1-45,64H,46-63H2. The Morgan fingerprint density at radius 3 is 0.543 bits per heavy atom. The zero-order valence-corrected chi connectivity index (χ0v) is 52.2.